The Balaban J connectivity index is 0. The van der Waals surface area contributed by atoms with Gasteiger partial charge >= 0.3 is 12.2 Å². The molecule has 0 aromatic carbocycles. The molecule has 10 heteroatoms. The van der Waals surface area contributed by atoms with Crippen molar-refractivity contribution in [3.05, 3.63) is 0 Å². The average molecular weight is 245 g/mol. The second-order valence-electron chi connectivity index (χ2n) is 2.33. The first-order valence-electron chi connectivity index (χ1n) is 3.40. The highest BCUT2D eigenvalue weighted by molar-refractivity contribution is 7.85. The maximum Gasteiger partial charge on any atom is 0.414 e. The zero-order valence-corrected chi connectivity index (χ0v) is 8.43. The van der Waals surface area contributed by atoms with E-state index in [9.17, 15) is 18.0 Å². The summed E-state index contributed by atoms with van der Waals surface area (Å²) >= 11 is 0. The van der Waals surface area contributed by atoms with Crippen LogP contribution in [0.5, 0.6) is 0 Å². The first kappa shape index (κ1) is 16.1. The summed E-state index contributed by atoms with van der Waals surface area (Å²) in [4.78, 5) is 18.6. The zero-order valence-electron chi connectivity index (χ0n) is 7.61. The molecule has 9 nitrogen and oxygen atoms in total. The summed E-state index contributed by atoms with van der Waals surface area (Å²) < 4.78 is 27.7. The number of hydrogen-bond donors (Lipinski definition) is 5. The van der Waals surface area contributed by atoms with Gasteiger partial charge in [0.25, 0.3) is 10.1 Å². The summed E-state index contributed by atoms with van der Waals surface area (Å²) in [6.45, 7) is 1.29. The lowest BCUT2D eigenvalue weighted by Gasteiger charge is -1.97. The Kier molecular flexibility index (Phi) is 7.47. The molecule has 0 fully saturated rings. The predicted molar refractivity (Wildman–Crippen MR) is 47.3 cm³/mol. The average Bonchev–Trinajstić information content (AvgIpc) is 1.76. The molecule has 0 heterocycles. The SMILES string of the molecule is CC(O)CS(=O)(=O)O.O=C(O)NC(=O)O. The van der Waals surface area contributed by atoms with Gasteiger partial charge in [0.1, 0.15) is 5.75 Å². The van der Waals surface area contributed by atoms with Crippen molar-refractivity contribution in [2.45, 2.75) is 13.0 Å². The molecule has 0 saturated heterocycles. The highest BCUT2D eigenvalue weighted by atomic mass is 32.2. The largest absolute Gasteiger partial charge is 0.465 e. The number of aliphatic hydroxyl groups is 1. The molecule has 0 rings (SSSR count). The van der Waals surface area contributed by atoms with Gasteiger partial charge in [-0.25, -0.2) is 14.9 Å². The first-order chi connectivity index (χ1) is 6.54. The fourth-order valence-corrected chi connectivity index (χ4v) is 1.01. The van der Waals surface area contributed by atoms with Crippen molar-refractivity contribution in [3.8, 4) is 0 Å². The highest BCUT2D eigenvalue weighted by Gasteiger charge is 2.07. The smallest absolute Gasteiger partial charge is 0.414 e. The van der Waals surface area contributed by atoms with Crippen LogP contribution in [0.2, 0.25) is 0 Å². The van der Waals surface area contributed by atoms with Crippen molar-refractivity contribution in [3.63, 3.8) is 0 Å². The van der Waals surface area contributed by atoms with Crippen molar-refractivity contribution < 1.29 is 37.9 Å². The van der Waals surface area contributed by atoms with E-state index in [1.54, 1.807) is 0 Å². The van der Waals surface area contributed by atoms with Crippen LogP contribution in [0, 0.1) is 0 Å². The van der Waals surface area contributed by atoms with E-state index < -0.39 is 34.2 Å². The van der Waals surface area contributed by atoms with Crippen molar-refractivity contribution in [2.24, 2.45) is 0 Å². The fourth-order valence-electron chi connectivity index (χ4n) is 0.396. The molecule has 1 atom stereocenters. The number of aliphatic hydroxyl groups excluding tert-OH is 1. The second kappa shape index (κ2) is 6.98. The molecular formula is C5H11NO8S. The number of carbonyl (C=O) groups is 2. The summed E-state index contributed by atoms with van der Waals surface area (Å²) in [5.41, 5.74) is 0. The van der Waals surface area contributed by atoms with Crippen LogP contribution in [-0.2, 0) is 10.1 Å². The van der Waals surface area contributed by atoms with E-state index in [4.69, 9.17) is 19.9 Å². The molecule has 0 aromatic heterocycles. The normalized spacial score (nSPS) is 11.9. The predicted octanol–water partition coefficient (Wildman–Crippen LogP) is -0.813. The number of imide groups is 1. The van der Waals surface area contributed by atoms with Crippen molar-refractivity contribution in [1.82, 2.24) is 5.32 Å². The number of rotatable bonds is 2. The second-order valence-corrected chi connectivity index (χ2v) is 3.83. The Bertz CT molecular complexity index is 295. The Morgan fingerprint density at radius 3 is 1.60 bits per heavy atom. The van der Waals surface area contributed by atoms with Crippen LogP contribution in [-0.4, -0.2) is 52.3 Å². The number of amides is 2. The zero-order chi connectivity index (χ0) is 12.6. The fraction of sp³-hybridized carbons (Fsp3) is 0.600. The van der Waals surface area contributed by atoms with Crippen LogP contribution in [0.4, 0.5) is 9.59 Å². The molecule has 90 valence electrons. The van der Waals surface area contributed by atoms with Gasteiger partial charge in [0.15, 0.2) is 0 Å². The number of nitrogens with one attached hydrogen (secondary N) is 1. The van der Waals surface area contributed by atoms with Crippen LogP contribution in [0.3, 0.4) is 0 Å². The lowest BCUT2D eigenvalue weighted by atomic mass is 10.5. The topological polar surface area (TPSA) is 161 Å². The lowest BCUT2D eigenvalue weighted by molar-refractivity contribution is 0.174. The summed E-state index contributed by atoms with van der Waals surface area (Å²) in [6.07, 6.45) is -4.12. The summed E-state index contributed by atoms with van der Waals surface area (Å²) in [6, 6.07) is 0. The molecule has 15 heavy (non-hydrogen) atoms. The van der Waals surface area contributed by atoms with Crippen molar-refractivity contribution in [1.29, 1.82) is 0 Å². The van der Waals surface area contributed by atoms with E-state index in [-0.39, 0.29) is 0 Å². The van der Waals surface area contributed by atoms with E-state index in [1.165, 1.54) is 6.92 Å². The van der Waals surface area contributed by atoms with Crippen LogP contribution in [0.15, 0.2) is 0 Å². The summed E-state index contributed by atoms with van der Waals surface area (Å²) in [7, 11) is -3.97. The molecule has 0 aliphatic carbocycles. The highest BCUT2D eigenvalue weighted by Crippen LogP contribution is 1.86. The first-order valence-corrected chi connectivity index (χ1v) is 5.01. The van der Waals surface area contributed by atoms with Gasteiger partial charge in [-0.1, -0.05) is 0 Å². The third-order valence-corrected chi connectivity index (χ3v) is 1.57. The number of hydrogen-bond acceptors (Lipinski definition) is 5. The van der Waals surface area contributed by atoms with Gasteiger partial charge < -0.3 is 15.3 Å². The molecule has 2 amide bonds. The van der Waals surface area contributed by atoms with E-state index in [0.717, 1.165) is 5.32 Å². The minimum atomic E-state index is -3.97. The maximum atomic E-state index is 9.84. The minimum Gasteiger partial charge on any atom is -0.465 e. The van der Waals surface area contributed by atoms with E-state index in [0.29, 0.717) is 0 Å². The minimum absolute atomic E-state index is 0.590. The number of carboxylic acid groups (broad SMARTS) is 2. The van der Waals surface area contributed by atoms with Crippen LogP contribution in [0.25, 0.3) is 0 Å². The van der Waals surface area contributed by atoms with Crippen molar-refractivity contribution in [2.75, 3.05) is 5.75 Å². The molecule has 1 unspecified atom stereocenters. The Labute approximate surface area is 85.1 Å². The van der Waals surface area contributed by atoms with Gasteiger partial charge in [-0.2, -0.15) is 8.42 Å². The van der Waals surface area contributed by atoms with Gasteiger partial charge in [-0.15, -0.1) is 0 Å². The lowest BCUT2D eigenvalue weighted by Crippen LogP contribution is -2.26. The molecule has 0 bridgehead atoms. The Morgan fingerprint density at radius 2 is 1.60 bits per heavy atom. The Hall–Kier alpha value is -1.39. The molecule has 5 N–H and O–H groups in total. The molecule has 0 saturated carbocycles. The maximum absolute atomic E-state index is 9.84. The van der Waals surface area contributed by atoms with Gasteiger partial charge in [0.2, 0.25) is 0 Å². The molecular weight excluding hydrogens is 234 g/mol. The summed E-state index contributed by atoms with van der Waals surface area (Å²) in [5.74, 6) is -0.590. The quantitative estimate of drug-likeness (QED) is 0.394. The third kappa shape index (κ3) is 24.5. The van der Waals surface area contributed by atoms with Gasteiger partial charge in [0.05, 0.1) is 6.10 Å². The molecule has 0 aliphatic rings. The molecule has 0 spiro atoms. The monoisotopic (exact) mass is 245 g/mol. The van der Waals surface area contributed by atoms with E-state index >= 15 is 0 Å². The molecule has 0 radical (unpaired) electrons. The summed E-state index contributed by atoms with van der Waals surface area (Å²) in [5, 5.41) is 24.7. The van der Waals surface area contributed by atoms with Crippen molar-refractivity contribution >= 4 is 22.3 Å². The third-order valence-electron chi connectivity index (χ3n) is 0.666. The van der Waals surface area contributed by atoms with Gasteiger partial charge in [0, 0.05) is 0 Å². The van der Waals surface area contributed by atoms with Crippen LogP contribution in [0.1, 0.15) is 6.92 Å². The van der Waals surface area contributed by atoms with Gasteiger partial charge in [-0.3, -0.25) is 4.55 Å². The molecule has 0 aromatic rings. The standard InChI is InChI=1S/C3H8O4S.C2H3NO4/c1-3(4)2-8(5,6)7;4-1(5)3-2(6)7/h3-4H,2H2,1H3,(H,5,6,7);3H,(H,4,5)(H,6,7). The Morgan fingerprint density at radius 1 is 1.27 bits per heavy atom. The van der Waals surface area contributed by atoms with Gasteiger partial charge in [-0.05, 0) is 6.92 Å². The molecule has 0 aliphatic heterocycles. The van der Waals surface area contributed by atoms with Crippen LogP contribution >= 0.6 is 0 Å². The van der Waals surface area contributed by atoms with E-state index in [2.05, 4.69) is 0 Å². The van der Waals surface area contributed by atoms with Crippen LogP contribution < -0.4 is 5.32 Å². The van der Waals surface area contributed by atoms with E-state index in [1.807, 2.05) is 0 Å².